The van der Waals surface area contributed by atoms with Gasteiger partial charge in [0.05, 0.1) is 12.7 Å². The van der Waals surface area contributed by atoms with Crippen LogP contribution in [0.15, 0.2) is 23.1 Å². The second-order valence-electron chi connectivity index (χ2n) is 6.24. The normalized spacial score (nSPS) is 17.7. The molecule has 2 rings (SSSR count). The number of nitrogens with one attached hydrogen (secondary N) is 1. The first-order valence-corrected chi connectivity index (χ1v) is 9.83. The first kappa shape index (κ1) is 20.2. The van der Waals surface area contributed by atoms with Crippen LogP contribution in [0, 0.1) is 5.92 Å². The number of carbonyl (C=O) groups excluding carboxylic acids is 2. The molecule has 1 N–H and O–H groups in total. The fraction of sp³-hybridized carbons (Fsp3) is 0.529. The number of piperidine rings is 1. The van der Waals surface area contributed by atoms with Crippen molar-refractivity contribution in [2.24, 2.45) is 5.92 Å². The molecule has 0 aromatic heterocycles. The van der Waals surface area contributed by atoms with Gasteiger partial charge in [-0.1, -0.05) is 6.92 Å². The van der Waals surface area contributed by atoms with Crippen molar-refractivity contribution in [2.75, 3.05) is 33.9 Å². The zero-order valence-electron chi connectivity index (χ0n) is 15.1. The van der Waals surface area contributed by atoms with Gasteiger partial charge in [-0.3, -0.25) is 4.79 Å². The lowest BCUT2D eigenvalue weighted by Crippen LogP contribution is -2.41. The molecule has 9 heteroatoms. The quantitative estimate of drug-likeness (QED) is 0.735. The Bertz CT molecular complexity index is 777. The van der Waals surface area contributed by atoms with E-state index in [1.165, 1.54) is 32.4 Å². The molecule has 0 bridgehead atoms. The van der Waals surface area contributed by atoms with Gasteiger partial charge in [-0.05, 0) is 44.0 Å². The smallest absolute Gasteiger partial charge is 0.338 e. The lowest BCUT2D eigenvalue weighted by Gasteiger charge is -2.30. The Morgan fingerprint density at radius 1 is 1.35 bits per heavy atom. The van der Waals surface area contributed by atoms with Gasteiger partial charge in [-0.2, -0.15) is 0 Å². The van der Waals surface area contributed by atoms with E-state index in [1.807, 2.05) is 0 Å². The highest BCUT2D eigenvalue weighted by atomic mass is 32.2. The van der Waals surface area contributed by atoms with Crippen LogP contribution < -0.4 is 9.46 Å². The molecule has 0 spiro atoms. The minimum atomic E-state index is -3.81. The number of hydrogen-bond acceptors (Lipinski definition) is 6. The molecule has 0 aliphatic carbocycles. The van der Waals surface area contributed by atoms with E-state index >= 15 is 0 Å². The van der Waals surface area contributed by atoms with Crippen LogP contribution in [0.4, 0.5) is 0 Å². The number of amides is 1. The van der Waals surface area contributed by atoms with Gasteiger partial charge >= 0.3 is 5.97 Å². The Morgan fingerprint density at radius 2 is 2.08 bits per heavy atom. The Morgan fingerprint density at radius 3 is 2.69 bits per heavy atom. The molecule has 144 valence electrons. The van der Waals surface area contributed by atoms with E-state index in [-0.39, 0.29) is 28.7 Å². The molecule has 1 fully saturated rings. The van der Waals surface area contributed by atoms with Crippen molar-refractivity contribution in [3.63, 3.8) is 0 Å². The molecule has 0 saturated carbocycles. The summed E-state index contributed by atoms with van der Waals surface area (Å²) in [5, 5.41) is 0. The monoisotopic (exact) mass is 384 g/mol. The minimum Gasteiger partial charge on any atom is -0.495 e. The molecule has 1 aliphatic rings. The first-order valence-electron chi connectivity index (χ1n) is 8.35. The summed E-state index contributed by atoms with van der Waals surface area (Å²) in [4.78, 5) is 25.9. The highest BCUT2D eigenvalue weighted by molar-refractivity contribution is 7.89. The predicted octanol–water partition coefficient (Wildman–Crippen LogP) is 1.02. The second kappa shape index (κ2) is 8.50. The molecule has 1 atom stereocenters. The molecular formula is C17H24N2O6S. The highest BCUT2D eigenvalue weighted by Gasteiger charge is 2.24. The summed E-state index contributed by atoms with van der Waals surface area (Å²) in [5.74, 6) is -0.478. The predicted molar refractivity (Wildman–Crippen MR) is 94.5 cm³/mol. The Balaban J connectivity index is 2.07. The second-order valence-corrected chi connectivity index (χ2v) is 8.09. The van der Waals surface area contributed by atoms with E-state index in [4.69, 9.17) is 9.47 Å². The van der Waals surface area contributed by atoms with Crippen molar-refractivity contribution in [1.82, 2.24) is 9.62 Å². The van der Waals surface area contributed by atoms with Crippen LogP contribution in [-0.4, -0.2) is 59.0 Å². The number of rotatable bonds is 6. The highest BCUT2D eigenvalue weighted by Crippen LogP contribution is 2.25. The van der Waals surface area contributed by atoms with Crippen LogP contribution in [-0.2, 0) is 19.6 Å². The van der Waals surface area contributed by atoms with Gasteiger partial charge in [0.25, 0.3) is 5.91 Å². The fourth-order valence-corrected chi connectivity index (χ4v) is 3.76. The number of hydrogen-bond donors (Lipinski definition) is 1. The molecule has 1 saturated heterocycles. The van der Waals surface area contributed by atoms with Gasteiger partial charge in [-0.25, -0.2) is 17.9 Å². The van der Waals surface area contributed by atoms with Crippen LogP contribution in [0.1, 0.15) is 30.1 Å². The van der Waals surface area contributed by atoms with Gasteiger partial charge in [0.1, 0.15) is 10.6 Å². The summed E-state index contributed by atoms with van der Waals surface area (Å²) < 4.78 is 36.4. The van der Waals surface area contributed by atoms with Crippen LogP contribution in [0.3, 0.4) is 0 Å². The van der Waals surface area contributed by atoms with Gasteiger partial charge in [0, 0.05) is 13.1 Å². The number of ether oxygens (including phenoxy) is 2. The van der Waals surface area contributed by atoms with Crippen LogP contribution >= 0.6 is 0 Å². The SMILES string of the molecule is CNS(=O)(=O)c1cc(C(=O)OCC(=O)N2CCC[C@H](C)C2)ccc1OC. The van der Waals surface area contributed by atoms with Crippen molar-refractivity contribution in [3.05, 3.63) is 23.8 Å². The van der Waals surface area contributed by atoms with E-state index < -0.39 is 16.0 Å². The van der Waals surface area contributed by atoms with Crippen molar-refractivity contribution in [1.29, 1.82) is 0 Å². The third-order valence-electron chi connectivity index (χ3n) is 4.29. The maximum atomic E-state index is 12.2. The number of sulfonamides is 1. The van der Waals surface area contributed by atoms with Crippen molar-refractivity contribution in [3.8, 4) is 5.75 Å². The van der Waals surface area contributed by atoms with Crippen LogP contribution in [0.5, 0.6) is 5.75 Å². The molecule has 0 unspecified atom stereocenters. The largest absolute Gasteiger partial charge is 0.495 e. The maximum absolute atomic E-state index is 12.2. The van der Waals surface area contributed by atoms with Crippen LogP contribution in [0.25, 0.3) is 0 Å². The van der Waals surface area contributed by atoms with Crippen molar-refractivity contribution < 1.29 is 27.5 Å². The van der Waals surface area contributed by atoms with Gasteiger partial charge in [0.15, 0.2) is 6.61 Å². The number of carbonyl (C=O) groups is 2. The number of methoxy groups -OCH3 is 1. The van der Waals surface area contributed by atoms with Gasteiger partial charge < -0.3 is 14.4 Å². The lowest BCUT2D eigenvalue weighted by molar-refractivity contribution is -0.136. The first-order chi connectivity index (χ1) is 12.3. The van der Waals surface area contributed by atoms with E-state index in [0.29, 0.717) is 19.0 Å². The van der Waals surface area contributed by atoms with E-state index in [9.17, 15) is 18.0 Å². The molecule has 1 heterocycles. The van der Waals surface area contributed by atoms with Crippen molar-refractivity contribution >= 4 is 21.9 Å². The molecule has 1 amide bonds. The number of benzene rings is 1. The summed E-state index contributed by atoms with van der Waals surface area (Å²) in [5.41, 5.74) is 0.0273. The zero-order valence-corrected chi connectivity index (χ0v) is 16.0. The summed E-state index contributed by atoms with van der Waals surface area (Å²) in [7, 11) is -1.21. The van der Waals surface area contributed by atoms with E-state index in [1.54, 1.807) is 4.90 Å². The Labute approximate surface area is 153 Å². The summed E-state index contributed by atoms with van der Waals surface area (Å²) in [6, 6.07) is 3.93. The third kappa shape index (κ3) is 4.73. The number of esters is 1. The van der Waals surface area contributed by atoms with Crippen molar-refractivity contribution in [2.45, 2.75) is 24.7 Å². The fourth-order valence-electron chi connectivity index (χ4n) is 2.84. The molecule has 1 aliphatic heterocycles. The topological polar surface area (TPSA) is 102 Å². The average molecular weight is 384 g/mol. The summed E-state index contributed by atoms with van der Waals surface area (Å²) >= 11 is 0. The molecule has 1 aromatic carbocycles. The number of likely N-dealkylation sites (tertiary alicyclic amines) is 1. The van der Waals surface area contributed by atoms with Gasteiger partial charge in [0.2, 0.25) is 10.0 Å². The number of nitrogens with zero attached hydrogens (tertiary/aromatic N) is 1. The molecule has 8 nitrogen and oxygen atoms in total. The van der Waals surface area contributed by atoms with Gasteiger partial charge in [-0.15, -0.1) is 0 Å². The Kier molecular flexibility index (Phi) is 6.60. The Hall–Kier alpha value is -2.13. The lowest BCUT2D eigenvalue weighted by atomic mass is 10.0. The minimum absolute atomic E-state index is 0.0273. The third-order valence-corrected chi connectivity index (χ3v) is 5.73. The summed E-state index contributed by atoms with van der Waals surface area (Å²) in [6.07, 6.45) is 2.02. The van der Waals surface area contributed by atoms with Crippen LogP contribution in [0.2, 0.25) is 0 Å². The molecule has 26 heavy (non-hydrogen) atoms. The molecular weight excluding hydrogens is 360 g/mol. The van der Waals surface area contributed by atoms with E-state index in [2.05, 4.69) is 11.6 Å². The maximum Gasteiger partial charge on any atom is 0.338 e. The zero-order chi connectivity index (χ0) is 19.3. The average Bonchev–Trinajstić information content (AvgIpc) is 2.65. The molecule has 0 radical (unpaired) electrons. The standard InChI is InChI=1S/C17H24N2O6S/c1-12-5-4-8-19(10-12)16(20)11-25-17(21)13-6-7-14(24-3)15(9-13)26(22,23)18-2/h6-7,9,12,18H,4-5,8,10-11H2,1-3H3/t12-/m0/s1. The summed E-state index contributed by atoms with van der Waals surface area (Å²) in [6.45, 7) is 3.02. The van der Waals surface area contributed by atoms with E-state index in [0.717, 1.165) is 12.8 Å². The molecule has 1 aromatic rings.